The molecule has 126 valence electrons. The standard InChI is InChI=1S/C15H15N3O5S/c1-15(2)13(20)17-14(21)18(15)6-11(19)22-7-9-8-23-12(16-9)10-4-3-5-24-10/h3-5,8H,6-7H2,1-2H3,(H,17,20,21). The molecule has 3 rings (SSSR count). The Balaban J connectivity index is 1.56. The summed E-state index contributed by atoms with van der Waals surface area (Å²) >= 11 is 1.49. The van der Waals surface area contributed by atoms with Crippen LogP contribution in [-0.4, -0.2) is 39.9 Å². The van der Waals surface area contributed by atoms with Gasteiger partial charge in [-0.3, -0.25) is 19.8 Å². The molecule has 0 radical (unpaired) electrons. The van der Waals surface area contributed by atoms with Crippen LogP contribution in [0.4, 0.5) is 4.79 Å². The van der Waals surface area contributed by atoms with Gasteiger partial charge < -0.3 is 9.15 Å². The molecule has 3 amide bonds. The van der Waals surface area contributed by atoms with Crippen molar-refractivity contribution >= 4 is 29.2 Å². The molecule has 1 N–H and O–H groups in total. The normalized spacial score (nSPS) is 16.3. The average Bonchev–Trinajstić information content (AvgIpc) is 3.23. The van der Waals surface area contributed by atoms with Gasteiger partial charge in [-0.05, 0) is 25.3 Å². The molecule has 2 aromatic heterocycles. The Hall–Kier alpha value is -2.68. The van der Waals surface area contributed by atoms with Crippen molar-refractivity contribution in [3.8, 4) is 10.8 Å². The molecule has 0 spiro atoms. The third-order valence-corrected chi connectivity index (χ3v) is 4.51. The van der Waals surface area contributed by atoms with E-state index < -0.39 is 23.4 Å². The van der Waals surface area contributed by atoms with E-state index in [1.807, 2.05) is 17.5 Å². The maximum atomic E-state index is 11.9. The molecule has 1 aliphatic heterocycles. The van der Waals surface area contributed by atoms with Gasteiger partial charge in [-0.2, -0.15) is 0 Å². The van der Waals surface area contributed by atoms with Gasteiger partial charge in [-0.1, -0.05) is 6.07 Å². The van der Waals surface area contributed by atoms with Crippen LogP contribution < -0.4 is 5.32 Å². The van der Waals surface area contributed by atoms with Crippen LogP contribution in [0.15, 0.2) is 28.2 Å². The number of carbonyl (C=O) groups is 3. The summed E-state index contributed by atoms with van der Waals surface area (Å²) in [5, 5.41) is 4.08. The van der Waals surface area contributed by atoms with Gasteiger partial charge in [-0.25, -0.2) is 9.78 Å². The highest BCUT2D eigenvalue weighted by atomic mass is 32.1. The first kappa shape index (κ1) is 16.2. The third kappa shape index (κ3) is 3.02. The summed E-state index contributed by atoms with van der Waals surface area (Å²) in [6, 6.07) is 3.15. The number of rotatable bonds is 5. The first-order valence-corrected chi connectivity index (χ1v) is 8.03. The zero-order valence-electron chi connectivity index (χ0n) is 13.1. The van der Waals surface area contributed by atoms with Gasteiger partial charge in [0.25, 0.3) is 5.91 Å². The fraction of sp³-hybridized carbons (Fsp3) is 0.333. The summed E-state index contributed by atoms with van der Waals surface area (Å²) in [7, 11) is 0. The van der Waals surface area contributed by atoms with Gasteiger partial charge in [0.15, 0.2) is 0 Å². The van der Waals surface area contributed by atoms with Crippen LogP contribution in [0.2, 0.25) is 0 Å². The van der Waals surface area contributed by atoms with Crippen molar-refractivity contribution in [2.45, 2.75) is 26.0 Å². The number of hydrogen-bond donors (Lipinski definition) is 1. The number of imide groups is 1. The Labute approximate surface area is 141 Å². The summed E-state index contributed by atoms with van der Waals surface area (Å²) in [5.74, 6) is -0.618. The lowest BCUT2D eigenvalue weighted by molar-refractivity contribution is -0.146. The molecule has 1 saturated heterocycles. The minimum absolute atomic E-state index is 0.0719. The molecule has 3 heterocycles. The largest absolute Gasteiger partial charge is 0.458 e. The van der Waals surface area contributed by atoms with Gasteiger partial charge in [-0.15, -0.1) is 11.3 Å². The van der Waals surface area contributed by atoms with Crippen LogP contribution >= 0.6 is 11.3 Å². The second kappa shape index (κ2) is 6.08. The van der Waals surface area contributed by atoms with Gasteiger partial charge >= 0.3 is 12.0 Å². The Morgan fingerprint density at radius 1 is 1.46 bits per heavy atom. The number of aromatic nitrogens is 1. The van der Waals surface area contributed by atoms with E-state index in [-0.39, 0.29) is 13.2 Å². The Morgan fingerprint density at radius 2 is 2.25 bits per heavy atom. The van der Waals surface area contributed by atoms with Crippen molar-refractivity contribution in [1.82, 2.24) is 15.2 Å². The molecule has 0 unspecified atom stereocenters. The number of thiophene rings is 1. The second-order valence-electron chi connectivity index (χ2n) is 5.69. The van der Waals surface area contributed by atoms with Crippen LogP contribution in [0.1, 0.15) is 19.5 Å². The molecular weight excluding hydrogens is 334 g/mol. The molecule has 0 bridgehead atoms. The Morgan fingerprint density at radius 3 is 2.88 bits per heavy atom. The lowest BCUT2D eigenvalue weighted by Gasteiger charge is -2.26. The average molecular weight is 349 g/mol. The van der Waals surface area contributed by atoms with Crippen molar-refractivity contribution in [3.63, 3.8) is 0 Å². The summed E-state index contributed by atoms with van der Waals surface area (Å²) in [4.78, 5) is 41.5. The first-order valence-electron chi connectivity index (χ1n) is 7.15. The highest BCUT2D eigenvalue weighted by molar-refractivity contribution is 7.13. The van der Waals surface area contributed by atoms with E-state index in [1.54, 1.807) is 13.8 Å². The number of ether oxygens (including phenoxy) is 1. The molecule has 2 aromatic rings. The first-order chi connectivity index (χ1) is 11.4. The summed E-state index contributed by atoms with van der Waals surface area (Å²) in [5.41, 5.74) is -0.621. The number of oxazole rings is 1. The molecule has 0 atom stereocenters. The molecule has 0 aromatic carbocycles. The fourth-order valence-electron chi connectivity index (χ4n) is 2.18. The SMILES string of the molecule is CC1(C)C(=O)NC(=O)N1CC(=O)OCc1coc(-c2cccs2)n1. The summed E-state index contributed by atoms with van der Waals surface area (Å²) in [6.45, 7) is 2.73. The molecule has 8 nitrogen and oxygen atoms in total. The van der Waals surface area contributed by atoms with Crippen molar-refractivity contribution in [2.24, 2.45) is 0 Å². The van der Waals surface area contributed by atoms with E-state index >= 15 is 0 Å². The number of esters is 1. The number of amides is 3. The van der Waals surface area contributed by atoms with Gasteiger partial charge in [0, 0.05) is 0 Å². The van der Waals surface area contributed by atoms with Crippen molar-refractivity contribution in [3.05, 3.63) is 29.5 Å². The fourth-order valence-corrected chi connectivity index (χ4v) is 2.83. The Bertz CT molecular complexity index is 781. The maximum absolute atomic E-state index is 11.9. The van der Waals surface area contributed by atoms with Crippen LogP contribution in [0.5, 0.6) is 0 Å². The van der Waals surface area contributed by atoms with E-state index in [1.165, 1.54) is 17.6 Å². The van der Waals surface area contributed by atoms with Crippen LogP contribution in [-0.2, 0) is 20.9 Å². The zero-order valence-corrected chi connectivity index (χ0v) is 13.9. The zero-order chi connectivity index (χ0) is 17.3. The molecule has 0 saturated carbocycles. The van der Waals surface area contributed by atoms with E-state index in [9.17, 15) is 14.4 Å². The smallest absolute Gasteiger partial charge is 0.326 e. The van der Waals surface area contributed by atoms with Crippen molar-refractivity contribution in [2.75, 3.05) is 6.54 Å². The molecule has 1 fully saturated rings. The predicted octanol–water partition coefficient (Wildman–Crippen LogP) is 1.78. The minimum atomic E-state index is -1.09. The molecular formula is C15H15N3O5S. The highest BCUT2D eigenvalue weighted by Gasteiger charge is 2.46. The lowest BCUT2D eigenvalue weighted by atomic mass is 10.0. The van der Waals surface area contributed by atoms with E-state index in [0.29, 0.717) is 11.6 Å². The minimum Gasteiger partial charge on any atom is -0.458 e. The Kier molecular flexibility index (Phi) is 4.10. The summed E-state index contributed by atoms with van der Waals surface area (Å²) in [6.07, 6.45) is 1.42. The third-order valence-electron chi connectivity index (χ3n) is 3.65. The lowest BCUT2D eigenvalue weighted by Crippen LogP contribution is -2.46. The molecule has 9 heteroatoms. The van der Waals surface area contributed by atoms with E-state index in [0.717, 1.165) is 9.78 Å². The van der Waals surface area contributed by atoms with Crippen LogP contribution in [0.25, 0.3) is 10.8 Å². The molecule has 24 heavy (non-hydrogen) atoms. The van der Waals surface area contributed by atoms with E-state index in [4.69, 9.17) is 9.15 Å². The predicted molar refractivity (Wildman–Crippen MR) is 83.9 cm³/mol. The van der Waals surface area contributed by atoms with Gasteiger partial charge in [0.1, 0.15) is 30.6 Å². The number of hydrogen-bond acceptors (Lipinski definition) is 7. The molecule has 0 aliphatic carbocycles. The maximum Gasteiger partial charge on any atom is 0.326 e. The van der Waals surface area contributed by atoms with Gasteiger partial charge in [0.05, 0.1) is 4.88 Å². The quantitative estimate of drug-likeness (QED) is 0.652. The molecule has 1 aliphatic rings. The number of carbonyl (C=O) groups excluding carboxylic acids is 3. The number of urea groups is 1. The van der Waals surface area contributed by atoms with Crippen molar-refractivity contribution in [1.29, 1.82) is 0 Å². The van der Waals surface area contributed by atoms with Gasteiger partial charge in [0.2, 0.25) is 5.89 Å². The number of nitrogens with one attached hydrogen (secondary N) is 1. The van der Waals surface area contributed by atoms with Crippen molar-refractivity contribution < 1.29 is 23.5 Å². The second-order valence-corrected chi connectivity index (χ2v) is 6.63. The monoisotopic (exact) mass is 349 g/mol. The summed E-state index contributed by atoms with van der Waals surface area (Å²) < 4.78 is 10.4. The highest BCUT2D eigenvalue weighted by Crippen LogP contribution is 2.24. The topological polar surface area (TPSA) is 102 Å². The van der Waals surface area contributed by atoms with Crippen LogP contribution in [0.3, 0.4) is 0 Å². The number of nitrogens with zero attached hydrogens (tertiary/aromatic N) is 2. The van der Waals surface area contributed by atoms with E-state index in [2.05, 4.69) is 10.3 Å². The van der Waals surface area contributed by atoms with Crippen LogP contribution in [0, 0.1) is 0 Å².